The van der Waals surface area contributed by atoms with Crippen LogP contribution in [-0.4, -0.2) is 17.2 Å². The zero-order valence-corrected chi connectivity index (χ0v) is 6.76. The van der Waals surface area contributed by atoms with E-state index in [1.54, 1.807) is 6.92 Å². The molecule has 0 amide bonds. The molecule has 1 atom stereocenters. The standard InChI is InChI=1S/C8H12O3/c1-5-3-4-7(11-5)6(2)8(9)10/h5H,3-4H2,1-2H3,(H,9,10)/b7-6+. The van der Waals surface area contributed by atoms with Crippen LogP contribution in [0.5, 0.6) is 0 Å². The van der Waals surface area contributed by atoms with Gasteiger partial charge >= 0.3 is 5.97 Å². The highest BCUT2D eigenvalue weighted by atomic mass is 16.5. The van der Waals surface area contributed by atoms with E-state index in [-0.39, 0.29) is 6.10 Å². The maximum atomic E-state index is 10.5. The van der Waals surface area contributed by atoms with E-state index in [9.17, 15) is 4.79 Å². The number of carbonyl (C=O) groups is 1. The number of allylic oxidation sites excluding steroid dienone is 1. The lowest BCUT2D eigenvalue weighted by molar-refractivity contribution is -0.132. The normalized spacial score (nSPS) is 28.0. The average Bonchev–Trinajstić information content (AvgIpc) is 2.34. The maximum absolute atomic E-state index is 10.5. The molecule has 62 valence electrons. The molecule has 0 aromatic rings. The third-order valence-electron chi connectivity index (χ3n) is 1.86. The summed E-state index contributed by atoms with van der Waals surface area (Å²) in [4.78, 5) is 10.5. The smallest absolute Gasteiger partial charge is 0.334 e. The highest BCUT2D eigenvalue weighted by molar-refractivity contribution is 5.86. The highest BCUT2D eigenvalue weighted by Crippen LogP contribution is 2.25. The molecule has 1 aliphatic heterocycles. The van der Waals surface area contributed by atoms with Gasteiger partial charge in [0.2, 0.25) is 0 Å². The second-order valence-corrected chi connectivity index (χ2v) is 2.82. The molecule has 1 fully saturated rings. The molecule has 0 saturated carbocycles. The van der Waals surface area contributed by atoms with Gasteiger partial charge in [-0.3, -0.25) is 0 Å². The van der Waals surface area contributed by atoms with E-state index < -0.39 is 5.97 Å². The zero-order chi connectivity index (χ0) is 8.43. The van der Waals surface area contributed by atoms with Crippen LogP contribution in [0.2, 0.25) is 0 Å². The van der Waals surface area contributed by atoms with Crippen molar-refractivity contribution in [3.63, 3.8) is 0 Å². The Kier molecular flexibility index (Phi) is 2.17. The molecule has 0 aliphatic carbocycles. The maximum Gasteiger partial charge on any atom is 0.334 e. The summed E-state index contributed by atoms with van der Waals surface area (Å²) >= 11 is 0. The van der Waals surface area contributed by atoms with Crippen molar-refractivity contribution in [1.82, 2.24) is 0 Å². The van der Waals surface area contributed by atoms with Crippen molar-refractivity contribution in [3.05, 3.63) is 11.3 Å². The Morgan fingerprint density at radius 1 is 1.73 bits per heavy atom. The Morgan fingerprint density at radius 2 is 2.36 bits per heavy atom. The minimum atomic E-state index is -0.880. The van der Waals surface area contributed by atoms with Crippen molar-refractivity contribution in [1.29, 1.82) is 0 Å². The van der Waals surface area contributed by atoms with Crippen molar-refractivity contribution in [3.8, 4) is 0 Å². The van der Waals surface area contributed by atoms with Crippen LogP contribution in [0.1, 0.15) is 26.7 Å². The van der Waals surface area contributed by atoms with Gasteiger partial charge in [-0.25, -0.2) is 4.79 Å². The van der Waals surface area contributed by atoms with Gasteiger partial charge in [-0.15, -0.1) is 0 Å². The number of carboxylic acids is 1. The van der Waals surface area contributed by atoms with E-state index >= 15 is 0 Å². The van der Waals surface area contributed by atoms with Crippen LogP contribution in [0.25, 0.3) is 0 Å². The summed E-state index contributed by atoms with van der Waals surface area (Å²) in [5, 5.41) is 8.59. The summed E-state index contributed by atoms with van der Waals surface area (Å²) in [6.45, 7) is 3.53. The molecular formula is C8H12O3. The number of ether oxygens (including phenoxy) is 1. The first kappa shape index (κ1) is 8.11. The summed E-state index contributed by atoms with van der Waals surface area (Å²) < 4.78 is 5.28. The van der Waals surface area contributed by atoms with E-state index in [0.29, 0.717) is 11.3 Å². The Bertz CT molecular complexity index is 205. The monoisotopic (exact) mass is 156 g/mol. The molecule has 1 saturated heterocycles. The Balaban J connectivity index is 2.73. The summed E-state index contributed by atoms with van der Waals surface area (Å²) in [6, 6.07) is 0. The molecule has 1 rings (SSSR count). The Morgan fingerprint density at radius 3 is 2.73 bits per heavy atom. The fourth-order valence-electron chi connectivity index (χ4n) is 1.09. The van der Waals surface area contributed by atoms with E-state index in [4.69, 9.17) is 9.84 Å². The third-order valence-corrected chi connectivity index (χ3v) is 1.86. The topological polar surface area (TPSA) is 46.5 Å². The SMILES string of the molecule is C/C(C(=O)O)=C1/CCC(C)O1. The van der Waals surface area contributed by atoms with E-state index in [2.05, 4.69) is 0 Å². The van der Waals surface area contributed by atoms with E-state index in [0.717, 1.165) is 12.8 Å². The lowest BCUT2D eigenvalue weighted by Gasteiger charge is -2.04. The van der Waals surface area contributed by atoms with Gasteiger partial charge in [0, 0.05) is 6.42 Å². The van der Waals surface area contributed by atoms with Gasteiger partial charge in [0.25, 0.3) is 0 Å². The second kappa shape index (κ2) is 2.95. The van der Waals surface area contributed by atoms with E-state index in [1.807, 2.05) is 6.92 Å². The van der Waals surface area contributed by atoms with Gasteiger partial charge in [0.05, 0.1) is 11.7 Å². The van der Waals surface area contributed by atoms with Crippen LogP contribution < -0.4 is 0 Å². The quantitative estimate of drug-likeness (QED) is 0.586. The van der Waals surface area contributed by atoms with Gasteiger partial charge < -0.3 is 9.84 Å². The average molecular weight is 156 g/mol. The Hall–Kier alpha value is -0.990. The number of hydrogen-bond donors (Lipinski definition) is 1. The number of carboxylic acid groups (broad SMARTS) is 1. The first-order valence-corrected chi connectivity index (χ1v) is 3.71. The molecular weight excluding hydrogens is 144 g/mol. The summed E-state index contributed by atoms with van der Waals surface area (Å²) in [6.07, 6.45) is 1.87. The summed E-state index contributed by atoms with van der Waals surface area (Å²) in [5.41, 5.74) is 0.342. The van der Waals surface area contributed by atoms with Crippen molar-refractivity contribution < 1.29 is 14.6 Å². The van der Waals surface area contributed by atoms with Gasteiger partial charge in [0.1, 0.15) is 5.76 Å². The lowest BCUT2D eigenvalue weighted by atomic mass is 10.2. The van der Waals surface area contributed by atoms with Gasteiger partial charge in [-0.2, -0.15) is 0 Å². The lowest BCUT2D eigenvalue weighted by Crippen LogP contribution is -2.02. The van der Waals surface area contributed by atoms with Gasteiger partial charge in [-0.1, -0.05) is 0 Å². The Labute approximate surface area is 65.7 Å². The van der Waals surface area contributed by atoms with Crippen molar-refractivity contribution >= 4 is 5.97 Å². The third kappa shape index (κ3) is 1.73. The molecule has 11 heavy (non-hydrogen) atoms. The summed E-state index contributed by atoms with van der Waals surface area (Å²) in [7, 11) is 0. The van der Waals surface area contributed by atoms with Gasteiger partial charge in [0.15, 0.2) is 0 Å². The second-order valence-electron chi connectivity index (χ2n) is 2.82. The largest absolute Gasteiger partial charge is 0.495 e. The molecule has 1 unspecified atom stereocenters. The molecule has 0 radical (unpaired) electrons. The van der Waals surface area contributed by atoms with Crippen molar-refractivity contribution in [2.24, 2.45) is 0 Å². The van der Waals surface area contributed by atoms with Crippen molar-refractivity contribution in [2.75, 3.05) is 0 Å². The zero-order valence-electron chi connectivity index (χ0n) is 6.76. The molecule has 0 aromatic heterocycles. The molecule has 3 heteroatoms. The van der Waals surface area contributed by atoms with E-state index in [1.165, 1.54) is 0 Å². The minimum absolute atomic E-state index is 0.180. The van der Waals surface area contributed by atoms with Crippen LogP contribution >= 0.6 is 0 Å². The first-order valence-electron chi connectivity index (χ1n) is 3.71. The van der Waals surface area contributed by atoms with Crippen LogP contribution in [0.15, 0.2) is 11.3 Å². The predicted molar refractivity (Wildman–Crippen MR) is 40.1 cm³/mol. The van der Waals surface area contributed by atoms with Crippen LogP contribution in [0.3, 0.4) is 0 Å². The molecule has 0 aromatic carbocycles. The molecule has 1 heterocycles. The van der Waals surface area contributed by atoms with Crippen LogP contribution in [0.4, 0.5) is 0 Å². The number of aliphatic carboxylic acids is 1. The first-order chi connectivity index (χ1) is 5.11. The summed E-state index contributed by atoms with van der Waals surface area (Å²) in [5.74, 6) is -0.237. The van der Waals surface area contributed by atoms with Crippen molar-refractivity contribution in [2.45, 2.75) is 32.8 Å². The molecule has 1 N–H and O–H groups in total. The minimum Gasteiger partial charge on any atom is -0.495 e. The van der Waals surface area contributed by atoms with Crippen LogP contribution in [0, 0.1) is 0 Å². The fourth-order valence-corrected chi connectivity index (χ4v) is 1.09. The molecule has 3 nitrogen and oxygen atoms in total. The number of hydrogen-bond acceptors (Lipinski definition) is 2. The highest BCUT2D eigenvalue weighted by Gasteiger charge is 2.20. The molecule has 0 spiro atoms. The predicted octanol–water partition coefficient (Wildman–Crippen LogP) is 1.54. The van der Waals surface area contributed by atoms with Gasteiger partial charge in [-0.05, 0) is 20.3 Å². The van der Waals surface area contributed by atoms with Crippen LogP contribution in [-0.2, 0) is 9.53 Å². The number of rotatable bonds is 1. The molecule has 1 aliphatic rings. The molecule has 0 bridgehead atoms. The fraction of sp³-hybridized carbons (Fsp3) is 0.625.